The second kappa shape index (κ2) is 8.01. The van der Waals surface area contributed by atoms with Crippen LogP contribution in [-0.4, -0.2) is 25.8 Å². The summed E-state index contributed by atoms with van der Waals surface area (Å²) in [5, 5.41) is 8.85. The zero-order valence-electron chi connectivity index (χ0n) is 14.8. The summed E-state index contributed by atoms with van der Waals surface area (Å²) in [4.78, 5) is 16.1. The number of nitrogens with zero attached hydrogens (tertiary/aromatic N) is 2. The number of hydrogen-bond acceptors (Lipinski definition) is 6. The number of aromatic nitrogens is 1. The number of carbonyl (C=O) groups excluding carboxylic acids is 1. The molecule has 1 aromatic heterocycles. The van der Waals surface area contributed by atoms with Crippen molar-refractivity contribution >= 4 is 51.0 Å². The molecule has 158 valence electrons. The van der Waals surface area contributed by atoms with Gasteiger partial charge in [-0.15, -0.1) is 13.2 Å². The normalized spacial score (nSPS) is 11.9. The van der Waals surface area contributed by atoms with Gasteiger partial charge in [-0.3, -0.25) is 4.98 Å². The summed E-state index contributed by atoms with van der Waals surface area (Å²) in [6.45, 7) is 0. The van der Waals surface area contributed by atoms with E-state index in [0.29, 0.717) is 20.8 Å². The summed E-state index contributed by atoms with van der Waals surface area (Å²) < 4.78 is 65.7. The van der Waals surface area contributed by atoms with E-state index in [4.69, 9.17) is 5.14 Å². The summed E-state index contributed by atoms with van der Waals surface area (Å²) in [6, 6.07) is 7.91. The second-order valence-corrected chi connectivity index (χ2v) is 7.83. The lowest BCUT2D eigenvalue weighted by Crippen LogP contribution is -2.28. The van der Waals surface area contributed by atoms with E-state index in [1.807, 2.05) is 0 Å². The van der Waals surface area contributed by atoms with Crippen molar-refractivity contribution in [2.24, 2.45) is 5.14 Å². The van der Waals surface area contributed by atoms with Gasteiger partial charge >= 0.3 is 12.4 Å². The first-order valence-electron chi connectivity index (χ1n) is 8.01. The van der Waals surface area contributed by atoms with Crippen LogP contribution in [0.3, 0.4) is 0 Å². The Morgan fingerprint density at radius 2 is 1.93 bits per heavy atom. The number of halogens is 3. The van der Waals surface area contributed by atoms with Gasteiger partial charge in [-0.1, -0.05) is 24.9 Å². The number of pyridine rings is 1. The van der Waals surface area contributed by atoms with Crippen molar-refractivity contribution in [1.29, 1.82) is 0 Å². The van der Waals surface area contributed by atoms with Crippen molar-refractivity contribution in [1.82, 2.24) is 4.98 Å². The van der Waals surface area contributed by atoms with Gasteiger partial charge in [0.1, 0.15) is 5.69 Å². The molecular formula is C17H13F3N4O4S2. The molecule has 0 atom stereocenters. The van der Waals surface area contributed by atoms with Gasteiger partial charge < -0.3 is 10.1 Å². The summed E-state index contributed by atoms with van der Waals surface area (Å²) in [7, 11) is -4.27. The predicted octanol–water partition coefficient (Wildman–Crippen LogP) is 3.66. The molecule has 0 radical (unpaired) electrons. The lowest BCUT2D eigenvalue weighted by Gasteiger charge is -2.21. The standard InChI is InChI=1S/C17H13F3N4O4S2/c18-17(19,20)28-15-5-4-11(30(21,26)27)8-14(15)24(29)16(25)23-13-3-1-2-10-9-22-7-6-12(10)13/h1-9,29H,(H,23,25)(H2,21,26,27). The zero-order chi connectivity index (χ0) is 22.1. The smallest absolute Gasteiger partial charge is 0.404 e. The van der Waals surface area contributed by atoms with E-state index >= 15 is 0 Å². The number of anilines is 2. The Morgan fingerprint density at radius 1 is 1.20 bits per heavy atom. The third-order valence-electron chi connectivity index (χ3n) is 3.83. The number of carbonyl (C=O) groups is 1. The summed E-state index contributed by atoms with van der Waals surface area (Å²) >= 11 is 3.93. The Balaban J connectivity index is 1.99. The van der Waals surface area contributed by atoms with Gasteiger partial charge in [0.25, 0.3) is 0 Å². The van der Waals surface area contributed by atoms with Crippen molar-refractivity contribution in [2.45, 2.75) is 11.3 Å². The van der Waals surface area contributed by atoms with E-state index in [1.54, 1.807) is 30.5 Å². The average Bonchev–Trinajstić information content (AvgIpc) is 2.66. The Hall–Kier alpha value is -3.03. The molecule has 13 heteroatoms. The number of amides is 2. The number of sulfonamides is 1. The van der Waals surface area contributed by atoms with Crippen LogP contribution in [0.4, 0.5) is 29.3 Å². The topological polar surface area (TPSA) is 115 Å². The summed E-state index contributed by atoms with van der Waals surface area (Å²) in [5.41, 5.74) is -0.249. The van der Waals surface area contributed by atoms with E-state index in [2.05, 4.69) is 27.9 Å². The zero-order valence-corrected chi connectivity index (χ0v) is 16.5. The number of urea groups is 1. The number of rotatable bonds is 4. The third-order valence-corrected chi connectivity index (χ3v) is 5.14. The third kappa shape index (κ3) is 4.93. The fourth-order valence-electron chi connectivity index (χ4n) is 2.56. The molecule has 0 aliphatic heterocycles. The maximum absolute atomic E-state index is 12.7. The van der Waals surface area contributed by atoms with E-state index in [9.17, 15) is 26.4 Å². The molecule has 1 heterocycles. The van der Waals surface area contributed by atoms with Gasteiger partial charge in [0.2, 0.25) is 10.0 Å². The lowest BCUT2D eigenvalue weighted by atomic mass is 10.1. The number of thiol groups is 1. The van der Waals surface area contributed by atoms with E-state index in [0.717, 1.165) is 18.2 Å². The van der Waals surface area contributed by atoms with Crippen LogP contribution in [0, 0.1) is 0 Å². The number of fused-ring (bicyclic) bond motifs is 1. The lowest BCUT2D eigenvalue weighted by molar-refractivity contribution is -0.274. The number of hydrogen-bond donors (Lipinski definition) is 3. The second-order valence-electron chi connectivity index (χ2n) is 5.87. The molecule has 0 saturated carbocycles. The van der Waals surface area contributed by atoms with Crippen LogP contribution >= 0.6 is 12.8 Å². The Morgan fingerprint density at radius 3 is 2.60 bits per heavy atom. The van der Waals surface area contributed by atoms with Crippen LogP contribution in [0.15, 0.2) is 59.8 Å². The fourth-order valence-corrected chi connectivity index (χ4v) is 3.30. The van der Waals surface area contributed by atoms with Gasteiger partial charge in [-0.25, -0.2) is 22.7 Å². The minimum atomic E-state index is -5.09. The highest BCUT2D eigenvalue weighted by atomic mass is 32.2. The number of ether oxygens (including phenoxy) is 1. The summed E-state index contributed by atoms with van der Waals surface area (Å²) in [5.74, 6) is -0.845. The molecule has 0 bridgehead atoms. The number of nitrogens with two attached hydrogens (primary N) is 1. The molecule has 0 spiro atoms. The number of nitrogens with one attached hydrogen (secondary N) is 1. The van der Waals surface area contributed by atoms with E-state index in [-0.39, 0.29) is 0 Å². The molecule has 0 aliphatic carbocycles. The minimum absolute atomic E-state index is 0.333. The van der Waals surface area contributed by atoms with Crippen molar-refractivity contribution in [3.8, 4) is 5.75 Å². The predicted molar refractivity (Wildman–Crippen MR) is 107 cm³/mol. The van der Waals surface area contributed by atoms with Crippen LogP contribution in [0.1, 0.15) is 0 Å². The van der Waals surface area contributed by atoms with Crippen molar-refractivity contribution < 1.29 is 31.1 Å². The molecule has 0 aliphatic rings. The Labute approximate surface area is 174 Å². The Bertz CT molecular complexity index is 1210. The van der Waals surface area contributed by atoms with Crippen LogP contribution in [-0.2, 0) is 10.0 Å². The van der Waals surface area contributed by atoms with Crippen molar-refractivity contribution in [3.05, 3.63) is 54.9 Å². The first-order valence-corrected chi connectivity index (χ1v) is 9.96. The molecule has 8 nitrogen and oxygen atoms in total. The molecule has 3 rings (SSSR count). The van der Waals surface area contributed by atoms with Crippen LogP contribution < -0.4 is 19.5 Å². The first-order chi connectivity index (χ1) is 14.0. The molecular weight excluding hydrogens is 445 g/mol. The van der Waals surface area contributed by atoms with Gasteiger partial charge in [0.15, 0.2) is 5.75 Å². The first kappa shape index (κ1) is 21.7. The van der Waals surface area contributed by atoms with Crippen LogP contribution in [0.5, 0.6) is 5.75 Å². The fraction of sp³-hybridized carbons (Fsp3) is 0.0588. The molecule has 3 aromatic rings. The molecule has 2 amide bonds. The largest absolute Gasteiger partial charge is 0.573 e. The monoisotopic (exact) mass is 458 g/mol. The number of benzene rings is 2. The highest BCUT2D eigenvalue weighted by Gasteiger charge is 2.34. The van der Waals surface area contributed by atoms with Crippen molar-refractivity contribution in [3.63, 3.8) is 0 Å². The molecule has 3 N–H and O–H groups in total. The number of alkyl halides is 3. The van der Waals surface area contributed by atoms with Gasteiger partial charge in [-0.05, 0) is 30.3 Å². The quantitative estimate of drug-likeness (QED) is 0.516. The van der Waals surface area contributed by atoms with Gasteiger partial charge in [0.05, 0.1) is 10.6 Å². The molecule has 0 saturated heterocycles. The highest BCUT2D eigenvalue weighted by Crippen LogP contribution is 2.36. The minimum Gasteiger partial charge on any atom is -0.404 e. The maximum atomic E-state index is 12.7. The highest BCUT2D eigenvalue weighted by molar-refractivity contribution is 7.89. The number of primary sulfonamides is 1. The van der Waals surface area contributed by atoms with Crippen LogP contribution in [0.25, 0.3) is 10.8 Å². The average molecular weight is 458 g/mol. The molecule has 2 aromatic carbocycles. The van der Waals surface area contributed by atoms with Gasteiger partial charge in [0, 0.05) is 23.2 Å². The molecule has 0 unspecified atom stereocenters. The van der Waals surface area contributed by atoms with Crippen LogP contribution in [0.2, 0.25) is 0 Å². The van der Waals surface area contributed by atoms with E-state index < -0.39 is 38.7 Å². The summed E-state index contributed by atoms with van der Waals surface area (Å²) in [6.07, 6.45) is -2.03. The molecule has 0 fully saturated rings. The van der Waals surface area contributed by atoms with E-state index in [1.165, 1.54) is 6.20 Å². The van der Waals surface area contributed by atoms with Gasteiger partial charge in [-0.2, -0.15) is 0 Å². The SMILES string of the molecule is NS(=O)(=O)c1ccc(OC(F)(F)F)c(N(S)C(=O)Nc2cccc3cnccc23)c1. The van der Waals surface area contributed by atoms with Crippen molar-refractivity contribution in [2.75, 3.05) is 9.62 Å². The maximum Gasteiger partial charge on any atom is 0.573 e. The molecule has 30 heavy (non-hydrogen) atoms. The Kier molecular flexibility index (Phi) is 5.78.